The zero-order valence-electron chi connectivity index (χ0n) is 17.4. The highest BCUT2D eigenvalue weighted by atomic mass is 32.2. The van der Waals surface area contributed by atoms with E-state index in [0.717, 1.165) is 21.9 Å². The molecule has 0 aliphatic carbocycles. The Balaban J connectivity index is 1.52. The molecule has 6 heteroatoms. The average Bonchev–Trinajstić information content (AvgIpc) is 2.79. The van der Waals surface area contributed by atoms with Gasteiger partial charge in [0.05, 0.1) is 5.75 Å². The molecule has 0 N–H and O–H groups in total. The van der Waals surface area contributed by atoms with Gasteiger partial charge in [-0.05, 0) is 42.3 Å². The predicted octanol–water partition coefficient (Wildman–Crippen LogP) is 5.50. The number of fused-ring (bicyclic) bond motifs is 1. The van der Waals surface area contributed by atoms with E-state index in [1.807, 2.05) is 62.5 Å². The number of carbonyl (C=O) groups excluding carboxylic acids is 1. The summed E-state index contributed by atoms with van der Waals surface area (Å²) in [6.45, 7) is 2.62. The van der Waals surface area contributed by atoms with Crippen molar-refractivity contribution in [3.05, 3.63) is 89.7 Å². The molecule has 0 unspecified atom stereocenters. The molecule has 156 valence electrons. The van der Waals surface area contributed by atoms with Gasteiger partial charge >= 0.3 is 0 Å². The van der Waals surface area contributed by atoms with Crippen LogP contribution in [0.25, 0.3) is 22.0 Å². The second-order valence-electron chi connectivity index (χ2n) is 7.37. The minimum Gasteiger partial charge on any atom is -0.341 e. The molecule has 31 heavy (non-hydrogen) atoms. The van der Waals surface area contributed by atoms with E-state index < -0.39 is 0 Å². The van der Waals surface area contributed by atoms with Crippen molar-refractivity contribution in [2.75, 3.05) is 12.8 Å². The number of aryl methyl sites for hydroxylation is 1. The van der Waals surface area contributed by atoms with Crippen LogP contribution in [0.2, 0.25) is 0 Å². The number of rotatable bonds is 6. The summed E-state index contributed by atoms with van der Waals surface area (Å²) < 4.78 is 13.3. The van der Waals surface area contributed by atoms with Gasteiger partial charge in [-0.25, -0.2) is 4.39 Å². The fourth-order valence-corrected chi connectivity index (χ4v) is 4.29. The number of carbonyl (C=O) groups is 1. The summed E-state index contributed by atoms with van der Waals surface area (Å²) in [6.07, 6.45) is 0. The van der Waals surface area contributed by atoms with Gasteiger partial charge in [0.25, 0.3) is 0 Å². The first-order valence-corrected chi connectivity index (χ1v) is 10.9. The van der Waals surface area contributed by atoms with Crippen LogP contribution < -0.4 is 0 Å². The zero-order chi connectivity index (χ0) is 21.8. The molecule has 0 saturated carbocycles. The van der Waals surface area contributed by atoms with Gasteiger partial charge in [-0.2, -0.15) is 0 Å². The second-order valence-corrected chi connectivity index (χ2v) is 8.34. The number of hydrogen-bond donors (Lipinski definition) is 0. The fourth-order valence-electron chi connectivity index (χ4n) is 3.38. The van der Waals surface area contributed by atoms with Crippen LogP contribution in [0.5, 0.6) is 0 Å². The van der Waals surface area contributed by atoms with Crippen LogP contribution in [0.15, 0.2) is 77.8 Å². The molecule has 0 spiro atoms. The lowest BCUT2D eigenvalue weighted by Gasteiger charge is -2.18. The minimum atomic E-state index is -0.290. The molecule has 0 fully saturated rings. The van der Waals surface area contributed by atoms with E-state index in [4.69, 9.17) is 0 Å². The van der Waals surface area contributed by atoms with E-state index in [1.165, 1.54) is 29.5 Å². The summed E-state index contributed by atoms with van der Waals surface area (Å²) in [5.74, 6) is 0.0139. The maximum absolute atomic E-state index is 13.3. The van der Waals surface area contributed by atoms with Crippen molar-refractivity contribution < 1.29 is 9.18 Å². The van der Waals surface area contributed by atoms with Gasteiger partial charge in [-0.1, -0.05) is 60.3 Å². The summed E-state index contributed by atoms with van der Waals surface area (Å²) in [6, 6.07) is 22.1. The largest absolute Gasteiger partial charge is 0.341 e. The fraction of sp³-hybridized carbons (Fsp3) is 0.160. The third-order valence-electron chi connectivity index (χ3n) is 5.20. The Kier molecular flexibility index (Phi) is 6.28. The summed E-state index contributed by atoms with van der Waals surface area (Å²) in [7, 11) is 1.82. The molecular weight excluding hydrogens is 409 g/mol. The molecule has 4 nitrogen and oxygen atoms in total. The lowest BCUT2D eigenvalue weighted by atomic mass is 10.1. The summed E-state index contributed by atoms with van der Waals surface area (Å²) >= 11 is 1.38. The van der Waals surface area contributed by atoms with E-state index in [2.05, 4.69) is 10.2 Å². The van der Waals surface area contributed by atoms with Crippen LogP contribution in [0.4, 0.5) is 4.39 Å². The third kappa shape index (κ3) is 4.75. The van der Waals surface area contributed by atoms with Crippen molar-refractivity contribution in [2.45, 2.75) is 18.5 Å². The van der Waals surface area contributed by atoms with Crippen molar-refractivity contribution in [1.29, 1.82) is 0 Å². The molecule has 3 aromatic carbocycles. The van der Waals surface area contributed by atoms with Crippen LogP contribution in [0, 0.1) is 12.7 Å². The van der Waals surface area contributed by atoms with E-state index in [9.17, 15) is 9.18 Å². The molecule has 0 saturated heterocycles. The topological polar surface area (TPSA) is 46.1 Å². The quantitative estimate of drug-likeness (QED) is 0.379. The number of benzene rings is 3. The number of aromatic nitrogens is 2. The van der Waals surface area contributed by atoms with E-state index in [0.29, 0.717) is 17.3 Å². The normalized spacial score (nSPS) is 10.9. The maximum Gasteiger partial charge on any atom is 0.233 e. The number of amides is 1. The summed E-state index contributed by atoms with van der Waals surface area (Å²) in [5.41, 5.74) is 3.80. The second kappa shape index (κ2) is 9.27. The Labute approximate surface area is 185 Å². The first-order valence-electron chi connectivity index (χ1n) is 9.95. The molecule has 0 atom stereocenters. The average molecular weight is 432 g/mol. The summed E-state index contributed by atoms with van der Waals surface area (Å²) in [5, 5.41) is 11.3. The van der Waals surface area contributed by atoms with Gasteiger partial charge < -0.3 is 4.90 Å². The van der Waals surface area contributed by atoms with Crippen LogP contribution >= 0.6 is 11.8 Å². The lowest BCUT2D eigenvalue weighted by Crippen LogP contribution is -2.28. The molecule has 1 heterocycles. The highest BCUT2D eigenvalue weighted by Crippen LogP contribution is 2.31. The van der Waals surface area contributed by atoms with Gasteiger partial charge in [0.15, 0.2) is 0 Å². The summed E-state index contributed by atoms with van der Waals surface area (Å²) in [4.78, 5) is 14.4. The monoisotopic (exact) mass is 431 g/mol. The first-order chi connectivity index (χ1) is 15.0. The highest BCUT2D eigenvalue weighted by Gasteiger charge is 2.15. The van der Waals surface area contributed by atoms with Crippen molar-refractivity contribution >= 4 is 28.4 Å². The van der Waals surface area contributed by atoms with Crippen molar-refractivity contribution in [3.63, 3.8) is 0 Å². The lowest BCUT2D eigenvalue weighted by molar-refractivity contribution is -0.127. The minimum absolute atomic E-state index is 0.0294. The first kappa shape index (κ1) is 21.0. The Bertz CT molecular complexity index is 1230. The molecule has 1 aromatic heterocycles. The molecule has 0 radical (unpaired) electrons. The van der Waals surface area contributed by atoms with E-state index in [-0.39, 0.29) is 17.5 Å². The van der Waals surface area contributed by atoms with Gasteiger partial charge in [0.2, 0.25) is 5.91 Å². The van der Waals surface area contributed by atoms with Gasteiger partial charge in [0.1, 0.15) is 16.5 Å². The molecule has 4 aromatic rings. The van der Waals surface area contributed by atoms with Crippen LogP contribution in [0.1, 0.15) is 11.1 Å². The molecule has 0 aliphatic rings. The SMILES string of the molecule is Cc1ccccc1CN(C)C(=O)CSc1nnc(-c2ccc(F)cc2)c2ccccc12. The van der Waals surface area contributed by atoms with Crippen LogP contribution in [-0.2, 0) is 11.3 Å². The Morgan fingerprint density at radius 1 is 0.935 bits per heavy atom. The number of halogens is 1. The molecule has 1 amide bonds. The Morgan fingerprint density at radius 2 is 1.61 bits per heavy atom. The third-order valence-corrected chi connectivity index (χ3v) is 6.16. The highest BCUT2D eigenvalue weighted by molar-refractivity contribution is 8.00. The Hall–Kier alpha value is -3.25. The smallest absolute Gasteiger partial charge is 0.233 e. The van der Waals surface area contributed by atoms with Crippen molar-refractivity contribution in [1.82, 2.24) is 15.1 Å². The molecule has 0 bridgehead atoms. The van der Waals surface area contributed by atoms with E-state index in [1.54, 1.807) is 17.0 Å². The Morgan fingerprint density at radius 3 is 2.35 bits per heavy atom. The number of thioether (sulfide) groups is 1. The molecular formula is C25H22FN3OS. The van der Waals surface area contributed by atoms with Gasteiger partial charge in [-0.3, -0.25) is 4.79 Å². The molecule has 4 rings (SSSR count). The van der Waals surface area contributed by atoms with Gasteiger partial charge in [-0.15, -0.1) is 10.2 Å². The van der Waals surface area contributed by atoms with Crippen molar-refractivity contribution in [2.24, 2.45) is 0 Å². The standard InChI is InChI=1S/C25H22FN3OS/c1-17-7-3-4-8-19(17)15-29(2)23(30)16-31-25-22-10-6-5-9-21(22)24(27-28-25)18-11-13-20(26)14-12-18/h3-14H,15-16H2,1-2H3. The van der Waals surface area contributed by atoms with E-state index >= 15 is 0 Å². The van der Waals surface area contributed by atoms with Crippen LogP contribution in [-0.4, -0.2) is 33.8 Å². The predicted molar refractivity (Wildman–Crippen MR) is 123 cm³/mol. The molecule has 0 aliphatic heterocycles. The van der Waals surface area contributed by atoms with Crippen molar-refractivity contribution in [3.8, 4) is 11.3 Å². The number of nitrogens with zero attached hydrogens (tertiary/aromatic N) is 3. The maximum atomic E-state index is 13.3. The van der Waals surface area contributed by atoms with Crippen LogP contribution in [0.3, 0.4) is 0 Å². The number of hydrogen-bond acceptors (Lipinski definition) is 4. The zero-order valence-corrected chi connectivity index (χ0v) is 18.2. The van der Waals surface area contributed by atoms with Gasteiger partial charge in [0, 0.05) is 29.9 Å².